The number of rotatable bonds is 2. The second-order valence-corrected chi connectivity index (χ2v) is 3.97. The Morgan fingerprint density at radius 1 is 1.27 bits per heavy atom. The molecule has 1 fully saturated rings. The Balaban J connectivity index is 2.30. The van der Waals surface area contributed by atoms with E-state index in [2.05, 4.69) is 20.4 Å². The zero-order valence-corrected chi connectivity index (χ0v) is 7.90. The summed E-state index contributed by atoms with van der Waals surface area (Å²) >= 11 is 0. The van der Waals surface area contributed by atoms with Crippen molar-refractivity contribution in [3.8, 4) is 0 Å². The molecule has 0 aromatic heterocycles. The number of hydrogen-bond donors (Lipinski definition) is 0. The summed E-state index contributed by atoms with van der Waals surface area (Å²) in [6.07, 6.45) is 7.05. The predicted octanol–water partition coefficient (Wildman–Crippen LogP) is 3.78. The fourth-order valence-corrected chi connectivity index (χ4v) is 2.06. The standard InChI is InChI=1S/C11H20/c1-4-10-5-7-11(8-6-10)9(2)3/h10-11H,2,4-8H2,1,3H3. The molecule has 0 unspecified atom stereocenters. The van der Waals surface area contributed by atoms with Gasteiger partial charge in [0.05, 0.1) is 0 Å². The summed E-state index contributed by atoms with van der Waals surface area (Å²) < 4.78 is 0. The maximum Gasteiger partial charge on any atom is -0.0208 e. The molecule has 1 aliphatic carbocycles. The summed E-state index contributed by atoms with van der Waals surface area (Å²) in [4.78, 5) is 0. The Hall–Kier alpha value is -0.260. The van der Waals surface area contributed by atoms with E-state index in [0.717, 1.165) is 11.8 Å². The zero-order valence-electron chi connectivity index (χ0n) is 7.90. The van der Waals surface area contributed by atoms with Gasteiger partial charge < -0.3 is 0 Å². The van der Waals surface area contributed by atoms with Gasteiger partial charge in [0.1, 0.15) is 0 Å². The van der Waals surface area contributed by atoms with Gasteiger partial charge in [-0.15, -0.1) is 0 Å². The molecule has 0 nitrogen and oxygen atoms in total. The lowest BCUT2D eigenvalue weighted by Gasteiger charge is -2.27. The SMILES string of the molecule is C=C(C)C1CCC(CC)CC1. The molecule has 64 valence electrons. The Kier molecular flexibility index (Phi) is 3.16. The van der Waals surface area contributed by atoms with Crippen LogP contribution >= 0.6 is 0 Å². The van der Waals surface area contributed by atoms with Crippen LogP contribution in [-0.4, -0.2) is 0 Å². The molecule has 0 saturated heterocycles. The summed E-state index contributed by atoms with van der Waals surface area (Å²) in [5.74, 6) is 1.86. The van der Waals surface area contributed by atoms with Gasteiger partial charge in [0.15, 0.2) is 0 Å². The molecule has 0 aromatic rings. The van der Waals surface area contributed by atoms with Gasteiger partial charge in [0.25, 0.3) is 0 Å². The Labute approximate surface area is 70.7 Å². The molecule has 1 saturated carbocycles. The van der Waals surface area contributed by atoms with E-state index < -0.39 is 0 Å². The van der Waals surface area contributed by atoms with Crippen molar-refractivity contribution in [2.24, 2.45) is 11.8 Å². The lowest BCUT2D eigenvalue weighted by molar-refractivity contribution is 0.295. The highest BCUT2D eigenvalue weighted by molar-refractivity contribution is 4.97. The molecule has 0 amide bonds. The van der Waals surface area contributed by atoms with Crippen molar-refractivity contribution in [3.63, 3.8) is 0 Å². The molecule has 0 heteroatoms. The Morgan fingerprint density at radius 3 is 2.18 bits per heavy atom. The van der Waals surface area contributed by atoms with Crippen molar-refractivity contribution in [2.75, 3.05) is 0 Å². The molecular formula is C11H20. The van der Waals surface area contributed by atoms with E-state index >= 15 is 0 Å². The van der Waals surface area contributed by atoms with Gasteiger partial charge in [0, 0.05) is 0 Å². The molecule has 0 N–H and O–H groups in total. The third-order valence-electron chi connectivity index (χ3n) is 3.12. The maximum absolute atomic E-state index is 4.03. The minimum absolute atomic E-state index is 0.845. The van der Waals surface area contributed by atoms with E-state index in [0.29, 0.717) is 0 Å². The van der Waals surface area contributed by atoms with Gasteiger partial charge in [0.2, 0.25) is 0 Å². The van der Waals surface area contributed by atoms with Crippen LogP contribution in [0, 0.1) is 11.8 Å². The minimum atomic E-state index is 0.845. The molecule has 11 heavy (non-hydrogen) atoms. The third kappa shape index (κ3) is 2.36. The van der Waals surface area contributed by atoms with Crippen LogP contribution in [0.2, 0.25) is 0 Å². The predicted molar refractivity (Wildman–Crippen MR) is 50.6 cm³/mol. The summed E-state index contributed by atoms with van der Waals surface area (Å²) in [5.41, 5.74) is 1.40. The van der Waals surface area contributed by atoms with Crippen LogP contribution in [0.1, 0.15) is 46.0 Å². The van der Waals surface area contributed by atoms with Crippen molar-refractivity contribution < 1.29 is 0 Å². The van der Waals surface area contributed by atoms with Gasteiger partial charge in [-0.2, -0.15) is 0 Å². The Bertz CT molecular complexity index is 127. The van der Waals surface area contributed by atoms with Crippen molar-refractivity contribution in [1.29, 1.82) is 0 Å². The maximum atomic E-state index is 4.03. The molecule has 0 radical (unpaired) electrons. The van der Waals surface area contributed by atoms with E-state index in [9.17, 15) is 0 Å². The van der Waals surface area contributed by atoms with Gasteiger partial charge in [-0.25, -0.2) is 0 Å². The highest BCUT2D eigenvalue weighted by Crippen LogP contribution is 2.33. The second-order valence-electron chi connectivity index (χ2n) is 3.97. The molecule has 0 spiro atoms. The Morgan fingerprint density at radius 2 is 1.82 bits per heavy atom. The lowest BCUT2D eigenvalue weighted by Crippen LogP contribution is -2.14. The van der Waals surface area contributed by atoms with E-state index in [1.165, 1.54) is 37.7 Å². The first kappa shape index (κ1) is 8.83. The first-order chi connectivity index (χ1) is 5.24. The minimum Gasteiger partial charge on any atom is -0.0999 e. The summed E-state index contributed by atoms with van der Waals surface area (Å²) in [6.45, 7) is 8.52. The lowest BCUT2D eigenvalue weighted by atomic mass is 9.78. The number of allylic oxidation sites excluding steroid dienone is 1. The van der Waals surface area contributed by atoms with E-state index in [1.54, 1.807) is 0 Å². The molecule has 0 aromatic carbocycles. The summed E-state index contributed by atoms with van der Waals surface area (Å²) in [6, 6.07) is 0. The van der Waals surface area contributed by atoms with Crippen molar-refractivity contribution >= 4 is 0 Å². The first-order valence-electron chi connectivity index (χ1n) is 4.89. The van der Waals surface area contributed by atoms with Crippen molar-refractivity contribution in [1.82, 2.24) is 0 Å². The van der Waals surface area contributed by atoms with Crippen LogP contribution in [0.4, 0.5) is 0 Å². The third-order valence-corrected chi connectivity index (χ3v) is 3.12. The largest absolute Gasteiger partial charge is 0.0999 e. The summed E-state index contributed by atoms with van der Waals surface area (Å²) in [5, 5.41) is 0. The van der Waals surface area contributed by atoms with E-state index in [-0.39, 0.29) is 0 Å². The van der Waals surface area contributed by atoms with E-state index in [1.807, 2.05) is 0 Å². The van der Waals surface area contributed by atoms with Gasteiger partial charge in [-0.3, -0.25) is 0 Å². The first-order valence-corrected chi connectivity index (χ1v) is 4.89. The molecular weight excluding hydrogens is 132 g/mol. The smallest absolute Gasteiger partial charge is 0.0208 e. The van der Waals surface area contributed by atoms with Crippen LogP contribution in [0.15, 0.2) is 12.2 Å². The average molecular weight is 152 g/mol. The monoisotopic (exact) mass is 152 g/mol. The molecule has 0 atom stereocenters. The highest BCUT2D eigenvalue weighted by Gasteiger charge is 2.19. The molecule has 1 aliphatic rings. The zero-order chi connectivity index (χ0) is 8.27. The second kappa shape index (κ2) is 3.94. The highest BCUT2D eigenvalue weighted by atomic mass is 14.2. The normalized spacial score (nSPS) is 31.8. The average Bonchev–Trinajstić information content (AvgIpc) is 2.05. The van der Waals surface area contributed by atoms with Gasteiger partial charge in [-0.1, -0.05) is 25.5 Å². The van der Waals surface area contributed by atoms with Crippen LogP contribution in [0.5, 0.6) is 0 Å². The fourth-order valence-electron chi connectivity index (χ4n) is 2.06. The molecule has 1 rings (SSSR count). The molecule has 0 heterocycles. The van der Waals surface area contributed by atoms with Gasteiger partial charge in [-0.05, 0) is 44.4 Å². The summed E-state index contributed by atoms with van der Waals surface area (Å²) in [7, 11) is 0. The fraction of sp³-hybridized carbons (Fsp3) is 0.818. The van der Waals surface area contributed by atoms with Crippen molar-refractivity contribution in [2.45, 2.75) is 46.0 Å². The van der Waals surface area contributed by atoms with E-state index in [4.69, 9.17) is 0 Å². The molecule has 0 aliphatic heterocycles. The van der Waals surface area contributed by atoms with Crippen LogP contribution < -0.4 is 0 Å². The van der Waals surface area contributed by atoms with Crippen LogP contribution in [0.25, 0.3) is 0 Å². The molecule has 0 bridgehead atoms. The van der Waals surface area contributed by atoms with Gasteiger partial charge >= 0.3 is 0 Å². The van der Waals surface area contributed by atoms with Crippen molar-refractivity contribution in [3.05, 3.63) is 12.2 Å². The van der Waals surface area contributed by atoms with Crippen LogP contribution in [-0.2, 0) is 0 Å². The topological polar surface area (TPSA) is 0 Å². The number of hydrogen-bond acceptors (Lipinski definition) is 0. The quantitative estimate of drug-likeness (QED) is 0.528. The van der Waals surface area contributed by atoms with Crippen LogP contribution in [0.3, 0.4) is 0 Å².